The fraction of sp³-hybridized carbons (Fsp3) is 0.529. The Kier molecular flexibility index (Phi) is 4.56. The van der Waals surface area contributed by atoms with Gasteiger partial charge in [-0.15, -0.1) is 0 Å². The monoisotopic (exact) mass is 358 g/mol. The van der Waals surface area contributed by atoms with Crippen LogP contribution in [-0.4, -0.2) is 69.2 Å². The van der Waals surface area contributed by atoms with E-state index in [0.29, 0.717) is 12.5 Å². The molecule has 26 heavy (non-hydrogen) atoms. The smallest absolute Gasteiger partial charge is 0.243 e. The van der Waals surface area contributed by atoms with Gasteiger partial charge in [-0.25, -0.2) is 4.98 Å². The highest BCUT2D eigenvalue weighted by Gasteiger charge is 2.49. The van der Waals surface area contributed by atoms with Crippen molar-refractivity contribution in [2.24, 2.45) is 0 Å². The van der Waals surface area contributed by atoms with Crippen molar-refractivity contribution >= 4 is 5.91 Å². The summed E-state index contributed by atoms with van der Waals surface area (Å²) in [4.78, 5) is 20.0. The number of nitrogens with one attached hydrogen (secondary N) is 1. The first-order chi connectivity index (χ1) is 12.7. The Morgan fingerprint density at radius 3 is 2.96 bits per heavy atom. The molecule has 2 aliphatic rings. The summed E-state index contributed by atoms with van der Waals surface area (Å²) in [5, 5.41) is 10.9. The Hall–Kier alpha value is -2.52. The molecule has 2 aromatic heterocycles. The molecule has 0 aliphatic carbocycles. The predicted octanol–water partition coefficient (Wildman–Crippen LogP) is -0.159. The number of methoxy groups -OCH3 is 1. The topological polar surface area (TPSA) is 94.4 Å². The maximum Gasteiger partial charge on any atom is 0.243 e. The lowest BCUT2D eigenvalue weighted by atomic mass is 9.89. The molecule has 0 saturated carbocycles. The van der Waals surface area contributed by atoms with Crippen LogP contribution in [0.3, 0.4) is 0 Å². The van der Waals surface area contributed by atoms with Gasteiger partial charge in [0.05, 0.1) is 37.8 Å². The highest BCUT2D eigenvalue weighted by Crippen LogP contribution is 2.36. The van der Waals surface area contributed by atoms with Gasteiger partial charge in [0, 0.05) is 37.8 Å². The number of carbonyl (C=O) groups is 1. The van der Waals surface area contributed by atoms with Gasteiger partial charge >= 0.3 is 0 Å². The third-order valence-electron chi connectivity index (χ3n) is 4.79. The highest BCUT2D eigenvalue weighted by molar-refractivity contribution is 5.75. The summed E-state index contributed by atoms with van der Waals surface area (Å²) in [6, 6.07) is 3.98. The van der Waals surface area contributed by atoms with Crippen LogP contribution >= 0.6 is 0 Å². The van der Waals surface area contributed by atoms with E-state index in [1.165, 1.54) is 4.80 Å². The van der Waals surface area contributed by atoms with E-state index in [-0.39, 0.29) is 24.1 Å². The van der Waals surface area contributed by atoms with Crippen molar-refractivity contribution in [3.8, 4) is 5.88 Å². The number of pyridine rings is 1. The molecule has 9 nitrogen and oxygen atoms in total. The van der Waals surface area contributed by atoms with Crippen molar-refractivity contribution in [3.63, 3.8) is 0 Å². The van der Waals surface area contributed by atoms with E-state index >= 15 is 0 Å². The minimum atomic E-state index is -0.155. The van der Waals surface area contributed by atoms with Gasteiger partial charge in [0.15, 0.2) is 0 Å². The van der Waals surface area contributed by atoms with Crippen LogP contribution in [0.15, 0.2) is 30.7 Å². The van der Waals surface area contributed by atoms with Crippen LogP contribution in [0.5, 0.6) is 5.88 Å². The largest absolute Gasteiger partial charge is 0.481 e. The van der Waals surface area contributed by atoms with Crippen LogP contribution in [0.1, 0.15) is 12.0 Å². The summed E-state index contributed by atoms with van der Waals surface area (Å²) in [6.07, 6.45) is 5.67. The van der Waals surface area contributed by atoms with Crippen molar-refractivity contribution in [2.75, 3.05) is 26.8 Å². The second-order valence-corrected chi connectivity index (χ2v) is 6.84. The standard InChI is InChI=1S/C17H22N6O3/c1-25-16-13(3-2-4-18-16)8-22-11-17(12-22)7-14(10-26-17)21-15(24)9-23-19-5-6-20-23/h2-6,14H,7-12H2,1H3,(H,21,24). The summed E-state index contributed by atoms with van der Waals surface area (Å²) in [6.45, 7) is 3.14. The second kappa shape index (κ2) is 7.00. The number of hydrogen-bond donors (Lipinski definition) is 1. The van der Waals surface area contributed by atoms with Gasteiger partial charge in [-0.05, 0) is 6.07 Å². The predicted molar refractivity (Wildman–Crippen MR) is 91.3 cm³/mol. The Bertz CT molecular complexity index is 760. The normalized spacial score (nSPS) is 21.5. The molecule has 0 radical (unpaired) electrons. The van der Waals surface area contributed by atoms with Gasteiger partial charge in [-0.2, -0.15) is 15.0 Å². The van der Waals surface area contributed by atoms with E-state index in [9.17, 15) is 4.79 Å². The van der Waals surface area contributed by atoms with Crippen LogP contribution in [0.2, 0.25) is 0 Å². The number of likely N-dealkylation sites (tertiary alicyclic amines) is 1. The molecule has 138 valence electrons. The van der Waals surface area contributed by atoms with E-state index in [1.807, 2.05) is 12.1 Å². The molecule has 2 fully saturated rings. The highest BCUT2D eigenvalue weighted by atomic mass is 16.5. The lowest BCUT2D eigenvalue weighted by molar-refractivity contribution is -0.122. The molecule has 4 rings (SSSR count). The van der Waals surface area contributed by atoms with E-state index < -0.39 is 0 Å². The zero-order chi connectivity index (χ0) is 18.0. The fourth-order valence-electron chi connectivity index (χ4n) is 3.73. The third kappa shape index (κ3) is 3.54. The number of rotatable bonds is 6. The Morgan fingerprint density at radius 2 is 2.19 bits per heavy atom. The SMILES string of the molecule is COc1ncccc1CN1CC2(CC(NC(=O)Cn3nccn3)CO2)C1. The summed E-state index contributed by atoms with van der Waals surface area (Å²) in [7, 11) is 1.63. The first-order valence-corrected chi connectivity index (χ1v) is 8.63. The van der Waals surface area contributed by atoms with Crippen LogP contribution < -0.4 is 10.1 Å². The summed E-state index contributed by atoms with van der Waals surface area (Å²) in [5.74, 6) is 0.571. The molecule has 2 aliphatic heterocycles. The van der Waals surface area contributed by atoms with Crippen LogP contribution in [0.25, 0.3) is 0 Å². The molecule has 1 spiro atoms. The minimum Gasteiger partial charge on any atom is -0.481 e. The second-order valence-electron chi connectivity index (χ2n) is 6.84. The number of aromatic nitrogens is 4. The molecule has 0 aromatic carbocycles. The number of carbonyl (C=O) groups excluding carboxylic acids is 1. The van der Waals surface area contributed by atoms with Crippen LogP contribution in [0, 0.1) is 0 Å². The Balaban J connectivity index is 1.25. The van der Waals surface area contributed by atoms with Crippen molar-refractivity contribution in [2.45, 2.75) is 31.2 Å². The number of nitrogens with zero attached hydrogens (tertiary/aromatic N) is 5. The maximum absolute atomic E-state index is 12.1. The fourth-order valence-corrected chi connectivity index (χ4v) is 3.73. The third-order valence-corrected chi connectivity index (χ3v) is 4.79. The van der Waals surface area contributed by atoms with Crippen molar-refractivity contribution < 1.29 is 14.3 Å². The van der Waals surface area contributed by atoms with E-state index in [2.05, 4.69) is 25.4 Å². The lowest BCUT2D eigenvalue weighted by Gasteiger charge is -2.47. The first kappa shape index (κ1) is 16.9. The van der Waals surface area contributed by atoms with E-state index in [4.69, 9.17) is 9.47 Å². The van der Waals surface area contributed by atoms with Gasteiger partial charge in [0.1, 0.15) is 6.54 Å². The quantitative estimate of drug-likeness (QED) is 0.767. The van der Waals surface area contributed by atoms with Gasteiger partial charge in [0.25, 0.3) is 0 Å². The molecule has 4 heterocycles. The molecule has 1 amide bonds. The summed E-state index contributed by atoms with van der Waals surface area (Å²) in [5.41, 5.74) is 0.913. The average Bonchev–Trinajstić information content (AvgIpc) is 3.25. The number of amides is 1. The summed E-state index contributed by atoms with van der Waals surface area (Å²) < 4.78 is 11.3. The zero-order valence-corrected chi connectivity index (χ0v) is 14.7. The van der Waals surface area contributed by atoms with Gasteiger partial charge < -0.3 is 14.8 Å². The molecule has 2 saturated heterocycles. The van der Waals surface area contributed by atoms with Crippen molar-refractivity contribution in [1.82, 2.24) is 30.2 Å². The number of hydrogen-bond acceptors (Lipinski definition) is 7. The van der Waals surface area contributed by atoms with Crippen molar-refractivity contribution in [1.29, 1.82) is 0 Å². The molecular formula is C17H22N6O3. The van der Waals surface area contributed by atoms with Crippen molar-refractivity contribution in [3.05, 3.63) is 36.3 Å². The maximum atomic E-state index is 12.1. The molecule has 1 atom stereocenters. The molecular weight excluding hydrogens is 336 g/mol. The molecule has 2 aromatic rings. The van der Waals surface area contributed by atoms with Crippen LogP contribution in [0.4, 0.5) is 0 Å². The van der Waals surface area contributed by atoms with Gasteiger partial charge in [-0.3, -0.25) is 9.69 Å². The Labute approximate surface area is 151 Å². The number of ether oxygens (including phenoxy) is 2. The molecule has 0 bridgehead atoms. The van der Waals surface area contributed by atoms with Crippen LogP contribution in [-0.2, 0) is 22.6 Å². The zero-order valence-electron chi connectivity index (χ0n) is 14.7. The lowest BCUT2D eigenvalue weighted by Crippen LogP contribution is -2.61. The molecule has 1 N–H and O–H groups in total. The summed E-state index contributed by atoms with van der Waals surface area (Å²) >= 11 is 0. The van der Waals surface area contributed by atoms with E-state index in [1.54, 1.807) is 25.7 Å². The van der Waals surface area contributed by atoms with E-state index in [0.717, 1.165) is 31.6 Å². The van der Waals surface area contributed by atoms with Gasteiger partial charge in [-0.1, -0.05) is 6.07 Å². The average molecular weight is 358 g/mol. The molecule has 9 heteroatoms. The minimum absolute atomic E-state index is 0.0353. The molecule has 1 unspecified atom stereocenters. The first-order valence-electron chi connectivity index (χ1n) is 8.63. The van der Waals surface area contributed by atoms with Gasteiger partial charge in [0.2, 0.25) is 11.8 Å². The Morgan fingerprint density at radius 1 is 1.38 bits per heavy atom.